The summed E-state index contributed by atoms with van der Waals surface area (Å²) in [6.45, 7) is 0. The zero-order valence-electron chi connectivity index (χ0n) is 7.11. The molecule has 0 spiro atoms. The quantitative estimate of drug-likeness (QED) is 0.660. The van der Waals surface area contributed by atoms with Crippen LogP contribution in [-0.4, -0.2) is 13.2 Å². The molecule has 1 aromatic carbocycles. The normalized spacial score (nSPS) is 9.31. The number of rotatable bonds is 2. The molecule has 0 aliphatic carbocycles. The second-order valence-corrected chi connectivity index (χ2v) is 2.33. The van der Waals surface area contributed by atoms with E-state index in [1.807, 2.05) is 0 Å². The van der Waals surface area contributed by atoms with E-state index in [0.717, 1.165) is 0 Å². The minimum absolute atomic E-state index is 0.254. The fourth-order valence-electron chi connectivity index (χ4n) is 0.877. The highest BCUT2D eigenvalue weighted by Gasteiger charge is 2.06. The van der Waals surface area contributed by atoms with Crippen LogP contribution in [0.4, 0.5) is 10.5 Å². The van der Waals surface area contributed by atoms with E-state index in [1.54, 1.807) is 6.07 Å². The van der Waals surface area contributed by atoms with Gasteiger partial charge in [-0.2, -0.15) is 0 Å². The van der Waals surface area contributed by atoms with E-state index in [4.69, 9.17) is 16.2 Å². The van der Waals surface area contributed by atoms with Crippen molar-refractivity contribution < 1.29 is 14.3 Å². The molecule has 0 bridgehead atoms. The van der Waals surface area contributed by atoms with Gasteiger partial charge in [-0.25, -0.2) is 4.79 Å². The molecular formula is C8H10N2O3. The summed E-state index contributed by atoms with van der Waals surface area (Å²) in [6, 6.07) is 4.64. The Morgan fingerprint density at radius 2 is 2.08 bits per heavy atom. The first-order valence-electron chi connectivity index (χ1n) is 3.54. The number of benzene rings is 1. The highest BCUT2D eigenvalue weighted by Crippen LogP contribution is 2.28. The zero-order chi connectivity index (χ0) is 9.84. The number of anilines is 1. The molecule has 0 fully saturated rings. The van der Waals surface area contributed by atoms with Gasteiger partial charge in [-0.3, -0.25) is 0 Å². The Kier molecular flexibility index (Phi) is 2.59. The molecule has 0 heterocycles. The van der Waals surface area contributed by atoms with Crippen LogP contribution in [0, 0.1) is 0 Å². The number of carbonyl (C=O) groups is 1. The molecule has 4 N–H and O–H groups in total. The number of carbonyl (C=O) groups excluding carboxylic acids is 1. The van der Waals surface area contributed by atoms with Crippen LogP contribution in [0.1, 0.15) is 0 Å². The van der Waals surface area contributed by atoms with Crippen molar-refractivity contribution >= 4 is 11.8 Å². The molecule has 0 atom stereocenters. The average Bonchev–Trinajstić information content (AvgIpc) is 2.07. The molecule has 13 heavy (non-hydrogen) atoms. The first-order valence-corrected chi connectivity index (χ1v) is 3.54. The summed E-state index contributed by atoms with van der Waals surface area (Å²) in [5.41, 5.74) is 10.8. The minimum Gasteiger partial charge on any atom is -0.493 e. The van der Waals surface area contributed by atoms with Crippen LogP contribution in [0.25, 0.3) is 0 Å². The fraction of sp³-hybridized carbons (Fsp3) is 0.125. The van der Waals surface area contributed by atoms with Gasteiger partial charge in [0.1, 0.15) is 0 Å². The number of nitrogens with two attached hydrogens (primary N) is 2. The lowest BCUT2D eigenvalue weighted by atomic mass is 10.3. The second kappa shape index (κ2) is 3.66. The van der Waals surface area contributed by atoms with Crippen molar-refractivity contribution in [3.05, 3.63) is 18.2 Å². The number of primary amides is 1. The molecule has 0 aliphatic heterocycles. The SMILES string of the molecule is COc1cc(N)ccc1OC(N)=O. The zero-order valence-corrected chi connectivity index (χ0v) is 7.11. The topological polar surface area (TPSA) is 87.6 Å². The Hall–Kier alpha value is -1.91. The Morgan fingerprint density at radius 3 is 2.62 bits per heavy atom. The highest BCUT2D eigenvalue weighted by molar-refractivity contribution is 5.69. The van der Waals surface area contributed by atoms with E-state index in [9.17, 15) is 4.79 Å². The summed E-state index contributed by atoms with van der Waals surface area (Å²) in [5, 5.41) is 0. The van der Waals surface area contributed by atoms with Crippen LogP contribution in [0.3, 0.4) is 0 Å². The summed E-state index contributed by atoms with van der Waals surface area (Å²) in [4.78, 5) is 10.4. The monoisotopic (exact) mass is 182 g/mol. The van der Waals surface area contributed by atoms with Crippen LogP contribution in [0.5, 0.6) is 11.5 Å². The Bertz CT molecular complexity index is 325. The molecule has 70 valence electrons. The lowest BCUT2D eigenvalue weighted by Crippen LogP contribution is -2.16. The second-order valence-electron chi connectivity index (χ2n) is 2.33. The third kappa shape index (κ3) is 2.26. The van der Waals surface area contributed by atoms with Gasteiger partial charge in [0.2, 0.25) is 0 Å². The molecule has 0 unspecified atom stereocenters. The van der Waals surface area contributed by atoms with Crippen molar-refractivity contribution in [2.24, 2.45) is 5.73 Å². The van der Waals surface area contributed by atoms with Crippen molar-refractivity contribution in [1.82, 2.24) is 0 Å². The number of hydrogen-bond acceptors (Lipinski definition) is 4. The Morgan fingerprint density at radius 1 is 1.38 bits per heavy atom. The third-order valence-electron chi connectivity index (χ3n) is 1.40. The van der Waals surface area contributed by atoms with E-state index >= 15 is 0 Å². The summed E-state index contributed by atoms with van der Waals surface area (Å²) in [5.74, 6) is 0.628. The predicted octanol–water partition coefficient (Wildman–Crippen LogP) is 0.735. The number of ether oxygens (including phenoxy) is 2. The van der Waals surface area contributed by atoms with Gasteiger partial charge in [0.25, 0.3) is 0 Å². The van der Waals surface area contributed by atoms with E-state index in [1.165, 1.54) is 19.2 Å². The molecule has 1 aromatic rings. The maximum absolute atomic E-state index is 10.4. The summed E-state index contributed by atoms with van der Waals surface area (Å²) in [6.07, 6.45) is -0.886. The van der Waals surface area contributed by atoms with Gasteiger partial charge < -0.3 is 20.9 Å². The van der Waals surface area contributed by atoms with E-state index in [-0.39, 0.29) is 5.75 Å². The highest BCUT2D eigenvalue weighted by atomic mass is 16.6. The standard InChI is InChI=1S/C8H10N2O3/c1-12-7-4-5(9)2-3-6(7)13-8(10)11/h2-4H,9H2,1H3,(H2,10,11). The van der Waals surface area contributed by atoms with Gasteiger partial charge in [0.05, 0.1) is 7.11 Å². The molecule has 0 aromatic heterocycles. The van der Waals surface area contributed by atoms with Gasteiger partial charge in [-0.15, -0.1) is 0 Å². The molecule has 0 saturated carbocycles. The summed E-state index contributed by atoms with van der Waals surface area (Å²) in [7, 11) is 1.45. The fourth-order valence-corrected chi connectivity index (χ4v) is 0.877. The van der Waals surface area contributed by atoms with Crippen molar-refractivity contribution in [1.29, 1.82) is 0 Å². The van der Waals surface area contributed by atoms with E-state index < -0.39 is 6.09 Å². The molecule has 0 radical (unpaired) electrons. The number of methoxy groups -OCH3 is 1. The maximum atomic E-state index is 10.4. The van der Waals surface area contributed by atoms with Crippen molar-refractivity contribution in [2.75, 3.05) is 12.8 Å². The van der Waals surface area contributed by atoms with Crippen molar-refractivity contribution in [2.45, 2.75) is 0 Å². The first-order chi connectivity index (χ1) is 6.13. The third-order valence-corrected chi connectivity index (χ3v) is 1.40. The summed E-state index contributed by atoms with van der Waals surface area (Å²) < 4.78 is 9.56. The lowest BCUT2D eigenvalue weighted by molar-refractivity contribution is 0.208. The minimum atomic E-state index is -0.886. The van der Waals surface area contributed by atoms with E-state index in [0.29, 0.717) is 11.4 Å². The van der Waals surface area contributed by atoms with Gasteiger partial charge in [-0.05, 0) is 12.1 Å². The average molecular weight is 182 g/mol. The maximum Gasteiger partial charge on any atom is 0.410 e. The van der Waals surface area contributed by atoms with Gasteiger partial charge in [0.15, 0.2) is 11.5 Å². The molecule has 0 saturated heterocycles. The summed E-state index contributed by atoms with van der Waals surface area (Å²) >= 11 is 0. The molecule has 1 amide bonds. The van der Waals surface area contributed by atoms with Gasteiger partial charge >= 0.3 is 6.09 Å². The van der Waals surface area contributed by atoms with Crippen molar-refractivity contribution in [3.63, 3.8) is 0 Å². The Balaban J connectivity index is 2.99. The molecule has 0 aliphatic rings. The van der Waals surface area contributed by atoms with Crippen LogP contribution in [0.15, 0.2) is 18.2 Å². The van der Waals surface area contributed by atoms with Gasteiger partial charge in [-0.1, -0.05) is 0 Å². The van der Waals surface area contributed by atoms with Crippen molar-refractivity contribution in [3.8, 4) is 11.5 Å². The number of amides is 1. The predicted molar refractivity (Wildman–Crippen MR) is 47.6 cm³/mol. The van der Waals surface area contributed by atoms with Crippen LogP contribution in [-0.2, 0) is 0 Å². The van der Waals surface area contributed by atoms with Gasteiger partial charge in [0, 0.05) is 11.8 Å². The Labute approximate surface area is 75.2 Å². The van der Waals surface area contributed by atoms with Crippen LogP contribution >= 0.6 is 0 Å². The lowest BCUT2D eigenvalue weighted by Gasteiger charge is -2.07. The molecule has 1 rings (SSSR count). The van der Waals surface area contributed by atoms with Crippen LogP contribution in [0.2, 0.25) is 0 Å². The number of nitrogen functional groups attached to an aromatic ring is 1. The molecule has 5 heteroatoms. The van der Waals surface area contributed by atoms with E-state index in [2.05, 4.69) is 4.74 Å². The van der Waals surface area contributed by atoms with Crippen LogP contribution < -0.4 is 20.9 Å². The largest absolute Gasteiger partial charge is 0.493 e. The molecular weight excluding hydrogens is 172 g/mol. The first kappa shape index (κ1) is 9.18. The number of hydrogen-bond donors (Lipinski definition) is 2. The smallest absolute Gasteiger partial charge is 0.410 e. The molecule has 5 nitrogen and oxygen atoms in total.